The Morgan fingerprint density at radius 1 is 0.652 bits per heavy atom. The Morgan fingerprint density at radius 3 is 1.61 bits per heavy atom. The first-order chi connectivity index (χ1) is 11.4. The highest BCUT2D eigenvalue weighted by molar-refractivity contribution is 5.61. The van der Waals surface area contributed by atoms with Gasteiger partial charge in [-0.2, -0.15) is 0 Å². The molecule has 3 aromatic carbocycles. The van der Waals surface area contributed by atoms with Gasteiger partial charge >= 0.3 is 0 Å². The molecule has 0 saturated carbocycles. The van der Waals surface area contributed by atoms with Crippen LogP contribution >= 0.6 is 0 Å². The number of benzene rings is 3. The van der Waals surface area contributed by atoms with Crippen molar-refractivity contribution < 1.29 is 0 Å². The first-order valence-corrected chi connectivity index (χ1v) is 8.08. The van der Waals surface area contributed by atoms with E-state index in [0.717, 1.165) is 24.3 Å². The summed E-state index contributed by atoms with van der Waals surface area (Å²) in [5.74, 6) is 0. The van der Waals surface area contributed by atoms with E-state index in [1.807, 2.05) is 12.1 Å². The second-order valence-electron chi connectivity index (χ2n) is 5.51. The monoisotopic (exact) mass is 302 g/mol. The molecule has 2 nitrogen and oxygen atoms in total. The van der Waals surface area contributed by atoms with E-state index < -0.39 is 0 Å². The second-order valence-corrected chi connectivity index (χ2v) is 5.51. The normalized spacial score (nSPS) is 10.5. The average molecular weight is 302 g/mol. The fourth-order valence-corrected chi connectivity index (χ4v) is 2.55. The quantitative estimate of drug-likeness (QED) is 0.638. The minimum absolute atomic E-state index is 0.785. The Hall–Kier alpha value is -2.58. The maximum atomic E-state index is 3.54. The van der Waals surface area contributed by atoms with Gasteiger partial charge in [0.2, 0.25) is 0 Å². The van der Waals surface area contributed by atoms with Crippen LogP contribution in [-0.2, 0) is 13.0 Å². The zero-order valence-corrected chi connectivity index (χ0v) is 13.4. The van der Waals surface area contributed by atoms with E-state index in [9.17, 15) is 0 Å². The highest BCUT2D eigenvalue weighted by atomic mass is 15.5. The molecule has 3 aromatic rings. The lowest BCUT2D eigenvalue weighted by atomic mass is 10.1. The molecule has 116 valence electrons. The van der Waals surface area contributed by atoms with Crippen LogP contribution < -0.4 is 10.4 Å². The molecular weight excluding hydrogens is 280 g/mol. The van der Waals surface area contributed by atoms with Crippen LogP contribution in [0.15, 0.2) is 84.9 Å². The van der Waals surface area contributed by atoms with Crippen LogP contribution in [0.2, 0.25) is 0 Å². The average Bonchev–Trinajstić information content (AvgIpc) is 2.64. The summed E-state index contributed by atoms with van der Waals surface area (Å²) in [7, 11) is 0. The van der Waals surface area contributed by atoms with Crippen molar-refractivity contribution in [3.63, 3.8) is 0 Å². The zero-order chi connectivity index (χ0) is 15.9. The third-order valence-corrected chi connectivity index (χ3v) is 3.90. The lowest BCUT2D eigenvalue weighted by Crippen LogP contribution is -2.33. The Kier molecular flexibility index (Phi) is 5.07. The van der Waals surface area contributed by atoms with Gasteiger partial charge in [-0.25, -0.2) is 5.43 Å². The van der Waals surface area contributed by atoms with Gasteiger partial charge in [-0.15, -0.1) is 0 Å². The van der Waals surface area contributed by atoms with Crippen molar-refractivity contribution in [2.75, 3.05) is 5.01 Å². The van der Waals surface area contributed by atoms with E-state index in [4.69, 9.17) is 0 Å². The van der Waals surface area contributed by atoms with Crippen molar-refractivity contribution in [2.45, 2.75) is 19.9 Å². The molecule has 0 aliphatic heterocycles. The molecule has 0 unspecified atom stereocenters. The van der Waals surface area contributed by atoms with Gasteiger partial charge in [0.25, 0.3) is 0 Å². The first kappa shape index (κ1) is 15.3. The summed E-state index contributed by atoms with van der Waals surface area (Å²) in [6.45, 7) is 2.97. The predicted molar refractivity (Wildman–Crippen MR) is 97.7 cm³/mol. The van der Waals surface area contributed by atoms with Gasteiger partial charge in [0.05, 0.1) is 11.4 Å². The molecule has 0 aliphatic rings. The predicted octanol–water partition coefficient (Wildman–Crippen LogP) is 5.09. The zero-order valence-electron chi connectivity index (χ0n) is 13.4. The number of hydrogen-bond acceptors (Lipinski definition) is 2. The number of hydrogen-bond donors (Lipinski definition) is 1. The summed E-state index contributed by atoms with van der Waals surface area (Å²) in [5, 5.41) is 2.13. The van der Waals surface area contributed by atoms with Crippen LogP contribution in [-0.4, -0.2) is 0 Å². The minimum Gasteiger partial charge on any atom is -0.277 e. The molecule has 0 fully saturated rings. The van der Waals surface area contributed by atoms with Gasteiger partial charge in [0, 0.05) is 6.54 Å². The van der Waals surface area contributed by atoms with Gasteiger partial charge in [0.15, 0.2) is 0 Å². The topological polar surface area (TPSA) is 15.3 Å². The summed E-state index contributed by atoms with van der Waals surface area (Å²) in [6, 6.07) is 29.5. The van der Waals surface area contributed by atoms with Crippen molar-refractivity contribution >= 4 is 11.4 Å². The molecule has 0 spiro atoms. The number of anilines is 2. The molecule has 3 rings (SSSR count). The largest absolute Gasteiger partial charge is 0.277 e. The number of nitrogens with zero attached hydrogens (tertiary/aromatic N) is 1. The van der Waals surface area contributed by atoms with Gasteiger partial charge in [-0.05, 0) is 41.8 Å². The summed E-state index contributed by atoms with van der Waals surface area (Å²) in [5.41, 5.74) is 8.45. The Bertz CT molecular complexity index is 666. The third-order valence-electron chi connectivity index (χ3n) is 3.90. The van der Waals surface area contributed by atoms with Crippen molar-refractivity contribution in [3.8, 4) is 0 Å². The third kappa shape index (κ3) is 3.99. The van der Waals surface area contributed by atoms with E-state index in [-0.39, 0.29) is 0 Å². The molecule has 2 heteroatoms. The number of hydrazine groups is 1. The summed E-state index contributed by atoms with van der Waals surface area (Å²) < 4.78 is 0. The fourth-order valence-electron chi connectivity index (χ4n) is 2.55. The summed E-state index contributed by atoms with van der Waals surface area (Å²) in [6.07, 6.45) is 1.08. The molecule has 0 saturated heterocycles. The minimum atomic E-state index is 0.785. The van der Waals surface area contributed by atoms with E-state index in [2.05, 4.69) is 90.2 Å². The lowest BCUT2D eigenvalue weighted by Gasteiger charge is -2.26. The summed E-state index contributed by atoms with van der Waals surface area (Å²) >= 11 is 0. The molecule has 0 heterocycles. The molecule has 0 atom stereocenters. The summed E-state index contributed by atoms with van der Waals surface area (Å²) in [4.78, 5) is 0. The maximum Gasteiger partial charge on any atom is 0.0577 e. The molecule has 1 N–H and O–H groups in total. The van der Waals surface area contributed by atoms with Crippen LogP contribution in [0.1, 0.15) is 18.1 Å². The molecular formula is C21H22N2. The smallest absolute Gasteiger partial charge is 0.0577 e. The van der Waals surface area contributed by atoms with Crippen LogP contribution in [0.4, 0.5) is 11.4 Å². The maximum absolute atomic E-state index is 3.54. The van der Waals surface area contributed by atoms with Crippen molar-refractivity contribution in [1.29, 1.82) is 0 Å². The van der Waals surface area contributed by atoms with Gasteiger partial charge in [-0.1, -0.05) is 67.6 Å². The van der Waals surface area contributed by atoms with Gasteiger partial charge < -0.3 is 0 Å². The lowest BCUT2D eigenvalue weighted by molar-refractivity contribution is 0.707. The van der Waals surface area contributed by atoms with E-state index in [1.54, 1.807) is 0 Å². The Balaban J connectivity index is 1.79. The molecule has 0 amide bonds. The number of nitrogens with one attached hydrogen (secondary N) is 1. The highest BCUT2D eigenvalue weighted by Gasteiger charge is 2.08. The van der Waals surface area contributed by atoms with Crippen molar-refractivity contribution in [2.24, 2.45) is 0 Å². The molecule has 23 heavy (non-hydrogen) atoms. The molecule has 0 aliphatic carbocycles. The SMILES string of the molecule is CCc1ccc(CNN(c2ccccc2)c2ccccc2)cc1. The molecule has 0 bridgehead atoms. The van der Waals surface area contributed by atoms with Crippen molar-refractivity contribution in [3.05, 3.63) is 96.1 Å². The van der Waals surface area contributed by atoms with Crippen LogP contribution in [0.5, 0.6) is 0 Å². The Labute approximate surface area is 138 Å². The van der Waals surface area contributed by atoms with Gasteiger partial charge in [0.1, 0.15) is 0 Å². The van der Waals surface area contributed by atoms with Crippen LogP contribution in [0, 0.1) is 0 Å². The van der Waals surface area contributed by atoms with E-state index >= 15 is 0 Å². The van der Waals surface area contributed by atoms with Crippen molar-refractivity contribution in [1.82, 2.24) is 5.43 Å². The second kappa shape index (κ2) is 7.61. The van der Waals surface area contributed by atoms with Crippen LogP contribution in [0.3, 0.4) is 0 Å². The van der Waals surface area contributed by atoms with E-state index in [0.29, 0.717) is 0 Å². The highest BCUT2D eigenvalue weighted by Crippen LogP contribution is 2.22. The van der Waals surface area contributed by atoms with E-state index in [1.165, 1.54) is 11.1 Å². The standard InChI is InChI=1S/C21H22N2/c1-2-18-13-15-19(16-14-18)17-22-23(20-9-5-3-6-10-20)21-11-7-4-8-12-21/h3-16,22H,2,17H2,1H3. The fraction of sp³-hybridized carbons (Fsp3) is 0.143. The van der Waals surface area contributed by atoms with Crippen LogP contribution in [0.25, 0.3) is 0 Å². The molecule has 0 radical (unpaired) electrons. The van der Waals surface area contributed by atoms with Gasteiger partial charge in [-0.3, -0.25) is 5.01 Å². The number of rotatable bonds is 6. The molecule has 0 aromatic heterocycles. The first-order valence-electron chi connectivity index (χ1n) is 8.08. The number of aryl methyl sites for hydroxylation is 1. The Morgan fingerprint density at radius 2 is 1.13 bits per heavy atom. The number of para-hydroxylation sites is 2.